The number of carbonyl (C=O) groups is 11. The molecule has 0 unspecified atom stereocenters. The standard InChI is InChI=1S/C53H83N11O18/c1-32(2)40(31-79-29-36(47(70)63-23-15-13-17-39(63)49(72)73)56-51(75)81-28-34-18-20-35(21-19-34)64(77)78)60(10)43(67)26-59(9)42(66)25-55-46(69)38-16-12-14-22-62(38)48(71)37(57-52(76)82-53(5,6)7)30-80-50(74)45(33(3)4)61(11)44(68)27-58(8)41(65)24-54/h18-21,32-33,36-40,45H,12-17,22-31,54H2,1-11H3,(H,55,69)(H,56,75)(H,57,76)(H,72,73)/t36-,37-,38+,39+,40-,45+/m1/s1. The Morgan fingerprint density at radius 3 is 1.76 bits per heavy atom. The Hall–Kier alpha value is -7.69. The first-order valence-corrected chi connectivity index (χ1v) is 27.1. The number of likely N-dealkylation sites (N-methyl/N-ethyl adjacent to an activating group) is 4. The molecule has 29 heteroatoms. The van der Waals surface area contributed by atoms with E-state index >= 15 is 0 Å². The van der Waals surface area contributed by atoms with Crippen LogP contribution in [0.4, 0.5) is 15.3 Å². The molecule has 0 radical (unpaired) electrons. The molecule has 3 rings (SSSR count). The number of benzene rings is 1. The minimum absolute atomic E-state index is 0.0451. The van der Waals surface area contributed by atoms with Crippen LogP contribution in [-0.4, -0.2) is 234 Å². The van der Waals surface area contributed by atoms with Crippen LogP contribution >= 0.6 is 0 Å². The number of alkyl carbamates (subject to hydrolysis) is 2. The number of ether oxygens (including phenoxy) is 4. The predicted molar refractivity (Wildman–Crippen MR) is 292 cm³/mol. The van der Waals surface area contributed by atoms with E-state index in [2.05, 4.69) is 16.0 Å². The van der Waals surface area contributed by atoms with Crippen molar-refractivity contribution in [2.24, 2.45) is 17.6 Å². The summed E-state index contributed by atoms with van der Waals surface area (Å²) in [6, 6.07) is -1.90. The number of carboxylic acids is 1. The Kier molecular flexibility index (Phi) is 26.8. The molecule has 1 aromatic rings. The summed E-state index contributed by atoms with van der Waals surface area (Å²) >= 11 is 0. The van der Waals surface area contributed by atoms with Crippen LogP contribution in [0.1, 0.15) is 92.6 Å². The zero-order chi connectivity index (χ0) is 61.8. The molecule has 2 heterocycles. The van der Waals surface area contributed by atoms with Crippen molar-refractivity contribution in [1.82, 2.24) is 45.3 Å². The molecule has 82 heavy (non-hydrogen) atoms. The molecule has 0 bridgehead atoms. The number of carbonyl (C=O) groups excluding carboxylic acids is 10. The lowest BCUT2D eigenvalue weighted by Gasteiger charge is -2.37. The number of non-ortho nitro benzene ring substituents is 1. The third-order valence-electron chi connectivity index (χ3n) is 13.8. The van der Waals surface area contributed by atoms with Crippen LogP contribution in [0.5, 0.6) is 0 Å². The minimum Gasteiger partial charge on any atom is -0.480 e. The van der Waals surface area contributed by atoms with Crippen LogP contribution in [0, 0.1) is 22.0 Å². The second kappa shape index (κ2) is 32.1. The zero-order valence-corrected chi connectivity index (χ0v) is 48.8. The number of nitro groups is 1. The number of hydrogen-bond donors (Lipinski definition) is 5. The normalized spacial score (nSPS) is 16.8. The van der Waals surface area contributed by atoms with E-state index in [1.807, 2.05) is 0 Å². The number of carboxylic acid groups (broad SMARTS) is 1. The maximum absolute atomic E-state index is 14.4. The quantitative estimate of drug-likeness (QED) is 0.0345. The number of nitrogens with two attached hydrogens (primary N) is 1. The fourth-order valence-corrected chi connectivity index (χ4v) is 9.07. The summed E-state index contributed by atoms with van der Waals surface area (Å²) in [5.74, 6) is -7.51. The van der Waals surface area contributed by atoms with Gasteiger partial charge in [0.1, 0.15) is 49.0 Å². The largest absolute Gasteiger partial charge is 0.480 e. The summed E-state index contributed by atoms with van der Waals surface area (Å²) in [6.45, 7) is 8.41. The predicted octanol–water partition coefficient (Wildman–Crippen LogP) is 0.447. The fraction of sp³-hybridized carbons (Fsp3) is 0.679. The van der Waals surface area contributed by atoms with Gasteiger partial charge in [0.05, 0.1) is 50.4 Å². The number of piperidine rings is 2. The molecule has 0 saturated carbocycles. The van der Waals surface area contributed by atoms with Gasteiger partial charge in [0, 0.05) is 53.4 Å². The van der Waals surface area contributed by atoms with Crippen molar-refractivity contribution in [3.05, 3.63) is 39.9 Å². The van der Waals surface area contributed by atoms with Gasteiger partial charge in [0.15, 0.2) is 0 Å². The highest BCUT2D eigenvalue weighted by Crippen LogP contribution is 2.22. The van der Waals surface area contributed by atoms with Gasteiger partial charge in [-0.1, -0.05) is 27.7 Å². The van der Waals surface area contributed by atoms with E-state index in [1.54, 1.807) is 48.5 Å². The third kappa shape index (κ3) is 21.0. The van der Waals surface area contributed by atoms with Crippen LogP contribution in [0.3, 0.4) is 0 Å². The molecule has 9 amide bonds. The summed E-state index contributed by atoms with van der Waals surface area (Å²) in [4.78, 5) is 164. The summed E-state index contributed by atoms with van der Waals surface area (Å²) < 4.78 is 22.3. The SMILES string of the molecule is CC(C)[C@@H](COC[C@@H](NC(=O)OCc1ccc([N+](=O)[O-])cc1)C(=O)N1CCCC[C@H]1C(=O)O)N(C)C(=O)CN(C)C(=O)CNC(=O)[C@@H]1CCCCN1C(=O)[C@@H](COC(=O)[C@H](C(C)C)N(C)C(=O)CN(C)C(=O)CN)NC(=O)OC(C)(C)C. The molecule has 0 spiro atoms. The Morgan fingerprint density at radius 2 is 1.23 bits per heavy atom. The first-order chi connectivity index (χ1) is 38.4. The monoisotopic (exact) mass is 1160 g/mol. The smallest absolute Gasteiger partial charge is 0.408 e. The van der Waals surface area contributed by atoms with E-state index in [-0.39, 0.29) is 63.8 Å². The van der Waals surface area contributed by atoms with E-state index in [9.17, 15) is 68.0 Å². The summed E-state index contributed by atoms with van der Waals surface area (Å²) in [6.07, 6.45) is 0.325. The first-order valence-electron chi connectivity index (χ1n) is 27.1. The van der Waals surface area contributed by atoms with Crippen LogP contribution in [-0.2, 0) is 68.7 Å². The molecule has 0 aliphatic carbocycles. The minimum atomic E-state index is -1.58. The molecule has 2 saturated heterocycles. The van der Waals surface area contributed by atoms with Gasteiger partial charge >= 0.3 is 24.1 Å². The second-order valence-corrected chi connectivity index (χ2v) is 21.9. The van der Waals surface area contributed by atoms with Gasteiger partial charge in [-0.3, -0.25) is 43.7 Å². The van der Waals surface area contributed by atoms with E-state index in [0.29, 0.717) is 31.2 Å². The van der Waals surface area contributed by atoms with Crippen molar-refractivity contribution in [3.63, 3.8) is 0 Å². The third-order valence-corrected chi connectivity index (χ3v) is 13.8. The Morgan fingerprint density at radius 1 is 0.707 bits per heavy atom. The average Bonchev–Trinajstić information content (AvgIpc) is 3.45. The number of nitro benzene ring substituents is 1. The van der Waals surface area contributed by atoms with Crippen LogP contribution < -0.4 is 21.7 Å². The van der Waals surface area contributed by atoms with Gasteiger partial charge in [-0.25, -0.2) is 19.2 Å². The molecule has 0 aromatic heterocycles. The van der Waals surface area contributed by atoms with Crippen molar-refractivity contribution < 1.29 is 81.7 Å². The number of hydrogen-bond acceptors (Lipinski definition) is 18. The average molecular weight is 1160 g/mol. The molecule has 2 fully saturated rings. The molecular formula is C53H83N11O18. The van der Waals surface area contributed by atoms with Crippen molar-refractivity contribution >= 4 is 71.2 Å². The molecule has 2 aliphatic heterocycles. The maximum Gasteiger partial charge on any atom is 0.408 e. The number of nitrogens with zero attached hydrogens (tertiary/aromatic N) is 7. The molecule has 6 N–H and O–H groups in total. The van der Waals surface area contributed by atoms with Crippen molar-refractivity contribution in [3.8, 4) is 0 Å². The highest BCUT2D eigenvalue weighted by molar-refractivity contribution is 5.94. The Bertz CT molecular complexity index is 2440. The van der Waals surface area contributed by atoms with Crippen LogP contribution in [0.25, 0.3) is 0 Å². The number of rotatable bonds is 27. The number of nitrogens with one attached hydrogen (secondary N) is 3. The van der Waals surface area contributed by atoms with Gasteiger partial charge in [-0.2, -0.15) is 0 Å². The van der Waals surface area contributed by atoms with Crippen molar-refractivity contribution in [1.29, 1.82) is 0 Å². The lowest BCUT2D eigenvalue weighted by molar-refractivity contribution is -0.384. The maximum atomic E-state index is 14.4. The topological polar surface area (TPSA) is 370 Å². The van der Waals surface area contributed by atoms with Gasteiger partial charge < -0.3 is 75.1 Å². The van der Waals surface area contributed by atoms with Crippen LogP contribution in [0.2, 0.25) is 0 Å². The molecule has 1 aromatic carbocycles. The van der Waals surface area contributed by atoms with E-state index in [4.69, 9.17) is 24.7 Å². The molecule has 29 nitrogen and oxygen atoms in total. The number of amides is 9. The zero-order valence-electron chi connectivity index (χ0n) is 48.8. The van der Waals surface area contributed by atoms with E-state index in [1.165, 1.54) is 62.3 Å². The highest BCUT2D eigenvalue weighted by Gasteiger charge is 2.40. The van der Waals surface area contributed by atoms with E-state index in [0.717, 1.165) is 19.6 Å². The van der Waals surface area contributed by atoms with Gasteiger partial charge in [0.25, 0.3) is 5.69 Å². The molecule has 6 atom stereocenters. The number of likely N-dealkylation sites (tertiary alicyclic amines) is 2. The lowest BCUT2D eigenvalue weighted by Crippen LogP contribution is -2.59. The summed E-state index contributed by atoms with van der Waals surface area (Å²) in [5, 5.41) is 28.4. The Balaban J connectivity index is 1.69. The van der Waals surface area contributed by atoms with Gasteiger partial charge in [-0.05, 0) is 88.8 Å². The summed E-state index contributed by atoms with van der Waals surface area (Å²) in [5.41, 5.74) is 4.66. The Labute approximate surface area is 477 Å². The first kappa shape index (κ1) is 68.6. The number of aliphatic carboxylic acids is 1. The number of esters is 1. The van der Waals surface area contributed by atoms with Gasteiger partial charge in [0.2, 0.25) is 41.4 Å². The van der Waals surface area contributed by atoms with Crippen LogP contribution in [0.15, 0.2) is 24.3 Å². The summed E-state index contributed by atoms with van der Waals surface area (Å²) in [7, 11) is 5.56. The molecule has 458 valence electrons. The molecule has 2 aliphatic rings. The highest BCUT2D eigenvalue weighted by atomic mass is 16.6. The van der Waals surface area contributed by atoms with Crippen molar-refractivity contribution in [2.45, 2.75) is 135 Å². The molecular weight excluding hydrogens is 1080 g/mol. The van der Waals surface area contributed by atoms with E-state index < -0.39 is 144 Å². The second-order valence-electron chi connectivity index (χ2n) is 21.9. The lowest BCUT2D eigenvalue weighted by atomic mass is 10.00. The van der Waals surface area contributed by atoms with Crippen molar-refractivity contribution in [2.75, 3.05) is 87.3 Å². The fourth-order valence-electron chi connectivity index (χ4n) is 9.07. The van der Waals surface area contributed by atoms with Gasteiger partial charge in [-0.15, -0.1) is 0 Å².